The lowest BCUT2D eigenvalue weighted by molar-refractivity contribution is -0.140. The van der Waals surface area contributed by atoms with Crippen LogP contribution in [0.1, 0.15) is 26.2 Å². The molecule has 1 fully saturated rings. The van der Waals surface area contributed by atoms with Crippen molar-refractivity contribution >= 4 is 22.7 Å². The molecule has 0 radical (unpaired) electrons. The molecule has 7 heteroatoms. The molecule has 1 heterocycles. The van der Waals surface area contributed by atoms with Gasteiger partial charge >= 0.3 is 5.97 Å². The number of carboxylic acids is 1. The van der Waals surface area contributed by atoms with Gasteiger partial charge in [-0.3, -0.25) is 9.00 Å². The molecular formula is C11H19NO5S. The third-order valence-corrected chi connectivity index (χ3v) is 4.12. The molecular weight excluding hydrogens is 258 g/mol. The molecule has 0 aromatic rings. The van der Waals surface area contributed by atoms with Gasteiger partial charge < -0.3 is 15.2 Å². The summed E-state index contributed by atoms with van der Waals surface area (Å²) in [6.07, 6.45) is 2.89. The van der Waals surface area contributed by atoms with Crippen LogP contribution in [0.15, 0.2) is 0 Å². The van der Waals surface area contributed by atoms with Crippen molar-refractivity contribution in [3.63, 3.8) is 0 Å². The van der Waals surface area contributed by atoms with E-state index in [0.29, 0.717) is 12.4 Å². The van der Waals surface area contributed by atoms with E-state index in [-0.39, 0.29) is 11.9 Å². The summed E-state index contributed by atoms with van der Waals surface area (Å²) in [4.78, 5) is 21.7. The second kappa shape index (κ2) is 7.48. The third-order valence-electron chi connectivity index (χ3n) is 2.67. The van der Waals surface area contributed by atoms with E-state index in [1.165, 1.54) is 6.92 Å². The van der Waals surface area contributed by atoms with E-state index >= 15 is 0 Å². The molecule has 1 saturated heterocycles. The van der Waals surface area contributed by atoms with Crippen molar-refractivity contribution < 1.29 is 23.6 Å². The van der Waals surface area contributed by atoms with Crippen LogP contribution in [0.2, 0.25) is 0 Å². The summed E-state index contributed by atoms with van der Waals surface area (Å²) in [5.74, 6) is -1.34. The van der Waals surface area contributed by atoms with Crippen molar-refractivity contribution in [2.45, 2.75) is 38.3 Å². The van der Waals surface area contributed by atoms with Crippen LogP contribution in [-0.2, 0) is 25.1 Å². The normalized spacial score (nSPS) is 23.1. The van der Waals surface area contributed by atoms with Crippen molar-refractivity contribution in [2.75, 3.05) is 18.1 Å². The number of nitrogens with one attached hydrogen (secondary N) is 1. The van der Waals surface area contributed by atoms with Gasteiger partial charge in [-0.2, -0.15) is 0 Å². The molecule has 1 aliphatic rings. The monoisotopic (exact) mass is 277 g/mol. The second-order valence-electron chi connectivity index (χ2n) is 4.35. The highest BCUT2D eigenvalue weighted by atomic mass is 32.2. The fourth-order valence-electron chi connectivity index (χ4n) is 1.82. The molecule has 0 bridgehead atoms. The number of ether oxygens (including phenoxy) is 1. The summed E-state index contributed by atoms with van der Waals surface area (Å²) in [6, 6.07) is -1.09. The van der Waals surface area contributed by atoms with E-state index in [9.17, 15) is 13.8 Å². The first-order chi connectivity index (χ1) is 8.49. The SMILES string of the molecule is CC(=O)N[C@@H](CS(=O)CC1CCCCO1)C(=O)O. The Morgan fingerprint density at radius 1 is 1.50 bits per heavy atom. The topological polar surface area (TPSA) is 92.7 Å². The van der Waals surface area contributed by atoms with Gasteiger partial charge in [-0.1, -0.05) is 0 Å². The van der Waals surface area contributed by atoms with Crippen molar-refractivity contribution in [1.82, 2.24) is 5.32 Å². The lowest BCUT2D eigenvalue weighted by atomic mass is 10.1. The van der Waals surface area contributed by atoms with Gasteiger partial charge in [-0.25, -0.2) is 4.79 Å². The molecule has 2 unspecified atom stereocenters. The maximum Gasteiger partial charge on any atom is 0.327 e. The minimum Gasteiger partial charge on any atom is -0.480 e. The first-order valence-corrected chi connectivity index (χ1v) is 7.44. The zero-order valence-electron chi connectivity index (χ0n) is 10.4. The molecule has 1 rings (SSSR count). The Balaban J connectivity index is 2.40. The Morgan fingerprint density at radius 2 is 2.22 bits per heavy atom. The average Bonchev–Trinajstić information content (AvgIpc) is 2.28. The molecule has 0 aliphatic carbocycles. The highest BCUT2D eigenvalue weighted by Crippen LogP contribution is 2.13. The predicted octanol–water partition coefficient (Wildman–Crippen LogP) is -0.106. The zero-order valence-corrected chi connectivity index (χ0v) is 11.2. The molecule has 2 N–H and O–H groups in total. The van der Waals surface area contributed by atoms with Crippen LogP contribution in [0.25, 0.3) is 0 Å². The van der Waals surface area contributed by atoms with Crippen LogP contribution < -0.4 is 5.32 Å². The number of carbonyl (C=O) groups excluding carboxylic acids is 1. The van der Waals surface area contributed by atoms with Crippen LogP contribution in [0.3, 0.4) is 0 Å². The number of rotatable bonds is 6. The maximum absolute atomic E-state index is 11.8. The summed E-state index contributed by atoms with van der Waals surface area (Å²) < 4.78 is 17.3. The van der Waals surface area contributed by atoms with Gasteiger partial charge in [-0.15, -0.1) is 0 Å². The third kappa shape index (κ3) is 5.59. The van der Waals surface area contributed by atoms with E-state index < -0.39 is 28.7 Å². The van der Waals surface area contributed by atoms with Gasteiger partial charge in [0.15, 0.2) is 0 Å². The van der Waals surface area contributed by atoms with Gasteiger partial charge in [-0.05, 0) is 19.3 Å². The van der Waals surface area contributed by atoms with Crippen molar-refractivity contribution in [3.8, 4) is 0 Å². The molecule has 104 valence electrons. The lowest BCUT2D eigenvalue weighted by Crippen LogP contribution is -2.44. The van der Waals surface area contributed by atoms with Crippen LogP contribution in [0, 0.1) is 0 Å². The quantitative estimate of drug-likeness (QED) is 0.707. The van der Waals surface area contributed by atoms with E-state index in [0.717, 1.165) is 19.3 Å². The summed E-state index contributed by atoms with van der Waals surface area (Å²) in [6.45, 7) is 1.92. The Bertz CT molecular complexity index is 327. The summed E-state index contributed by atoms with van der Waals surface area (Å²) in [5, 5.41) is 11.2. The summed E-state index contributed by atoms with van der Waals surface area (Å²) in [5.41, 5.74) is 0. The molecule has 0 aromatic carbocycles. The van der Waals surface area contributed by atoms with Crippen LogP contribution >= 0.6 is 0 Å². The second-order valence-corrected chi connectivity index (χ2v) is 5.90. The number of carbonyl (C=O) groups is 2. The molecule has 1 amide bonds. The van der Waals surface area contributed by atoms with Crippen LogP contribution in [-0.4, -0.2) is 51.5 Å². The Kier molecular flexibility index (Phi) is 6.28. The number of amides is 1. The van der Waals surface area contributed by atoms with Crippen molar-refractivity contribution in [2.24, 2.45) is 0 Å². The van der Waals surface area contributed by atoms with Crippen molar-refractivity contribution in [1.29, 1.82) is 0 Å². The molecule has 18 heavy (non-hydrogen) atoms. The van der Waals surface area contributed by atoms with Crippen LogP contribution in [0.5, 0.6) is 0 Å². The molecule has 0 spiro atoms. The summed E-state index contributed by atoms with van der Waals surface area (Å²) in [7, 11) is -1.31. The number of aliphatic carboxylic acids is 1. The van der Waals surface area contributed by atoms with E-state index in [1.54, 1.807) is 0 Å². The fourth-order valence-corrected chi connectivity index (χ4v) is 3.23. The Labute approximate surface area is 109 Å². The smallest absolute Gasteiger partial charge is 0.327 e. The van der Waals surface area contributed by atoms with Gasteiger partial charge in [0.05, 0.1) is 11.9 Å². The van der Waals surface area contributed by atoms with Crippen LogP contribution in [0.4, 0.5) is 0 Å². The van der Waals surface area contributed by atoms with Gasteiger partial charge in [0.2, 0.25) is 5.91 Å². The largest absolute Gasteiger partial charge is 0.480 e. The molecule has 6 nitrogen and oxygen atoms in total. The first-order valence-electron chi connectivity index (χ1n) is 5.95. The van der Waals surface area contributed by atoms with Gasteiger partial charge in [0, 0.05) is 30.1 Å². The van der Waals surface area contributed by atoms with E-state index in [1.807, 2.05) is 0 Å². The molecule has 0 saturated carbocycles. The Hall–Kier alpha value is -0.950. The Morgan fingerprint density at radius 3 is 2.72 bits per heavy atom. The number of hydrogen-bond acceptors (Lipinski definition) is 4. The maximum atomic E-state index is 11.8. The molecule has 3 atom stereocenters. The number of carboxylic acid groups (broad SMARTS) is 1. The molecule has 1 aliphatic heterocycles. The minimum atomic E-state index is -1.31. The molecule has 0 aromatic heterocycles. The van der Waals surface area contributed by atoms with Gasteiger partial charge in [0.25, 0.3) is 0 Å². The van der Waals surface area contributed by atoms with Crippen molar-refractivity contribution in [3.05, 3.63) is 0 Å². The fraction of sp³-hybridized carbons (Fsp3) is 0.818. The van der Waals surface area contributed by atoms with E-state index in [2.05, 4.69) is 5.32 Å². The minimum absolute atomic E-state index is 0.0497. The first kappa shape index (κ1) is 15.1. The standard InChI is InChI=1S/C11H19NO5S/c1-8(13)12-10(11(14)15)7-18(16)6-9-4-2-3-5-17-9/h9-10H,2-7H2,1H3,(H,12,13)(H,14,15)/t9?,10-,18?/m0/s1. The zero-order chi connectivity index (χ0) is 13.5. The highest BCUT2D eigenvalue weighted by Gasteiger charge is 2.24. The summed E-state index contributed by atoms with van der Waals surface area (Å²) >= 11 is 0. The van der Waals surface area contributed by atoms with E-state index in [4.69, 9.17) is 9.84 Å². The predicted molar refractivity (Wildman–Crippen MR) is 66.7 cm³/mol. The number of hydrogen-bond donors (Lipinski definition) is 2. The average molecular weight is 277 g/mol. The highest BCUT2D eigenvalue weighted by molar-refractivity contribution is 7.85. The van der Waals surface area contributed by atoms with Gasteiger partial charge in [0.1, 0.15) is 6.04 Å². The lowest BCUT2D eigenvalue weighted by Gasteiger charge is -2.22.